The van der Waals surface area contributed by atoms with Crippen LogP contribution in [-0.4, -0.2) is 50.4 Å². The van der Waals surface area contributed by atoms with Gasteiger partial charge in [-0.3, -0.25) is 9.59 Å². The molecule has 1 saturated heterocycles. The van der Waals surface area contributed by atoms with E-state index in [0.29, 0.717) is 30.4 Å². The summed E-state index contributed by atoms with van der Waals surface area (Å²) in [6, 6.07) is 12.5. The van der Waals surface area contributed by atoms with Crippen molar-refractivity contribution in [3.05, 3.63) is 70.3 Å². The summed E-state index contributed by atoms with van der Waals surface area (Å²) in [7, 11) is 4.11. The van der Waals surface area contributed by atoms with Gasteiger partial charge in [-0.2, -0.15) is 0 Å². The fraction of sp³-hybridized carbons (Fsp3) is 0.484. The quantitative estimate of drug-likeness (QED) is 0.322. The number of rotatable bonds is 9. The molecule has 0 spiro atoms. The van der Waals surface area contributed by atoms with Gasteiger partial charge < -0.3 is 19.6 Å². The van der Waals surface area contributed by atoms with Crippen molar-refractivity contribution >= 4 is 17.4 Å². The molecule has 0 aliphatic carbocycles. The zero-order valence-electron chi connectivity index (χ0n) is 23.6. The van der Waals surface area contributed by atoms with E-state index < -0.39 is 23.5 Å². The van der Waals surface area contributed by atoms with E-state index in [-0.39, 0.29) is 11.0 Å². The van der Waals surface area contributed by atoms with Crippen LogP contribution in [0.3, 0.4) is 0 Å². The molecule has 0 radical (unpaired) electrons. The predicted octanol–water partition coefficient (Wildman–Crippen LogP) is 3.09. The molecule has 3 rings (SSSR count). The van der Waals surface area contributed by atoms with Gasteiger partial charge in [-0.05, 0) is 52.6 Å². The van der Waals surface area contributed by atoms with Crippen molar-refractivity contribution in [2.24, 2.45) is 5.92 Å². The maximum absolute atomic E-state index is 13.9. The molecule has 1 fully saturated rings. The zero-order chi connectivity index (χ0) is 27.5. The lowest BCUT2D eigenvalue weighted by atomic mass is 9.85. The first-order chi connectivity index (χ1) is 17.3. The standard InChI is InChI=1S/C31H42N2O4/c1-20(2)19-37-24-14-15-25(21(3)18-24)28(34)26-27(22-10-12-23(13-11-22)31(4,5)6)33(30(36)29(26)35)17-9-16-32(7)8/h10-15,18,20,27,34H,9,16-17,19H2,1-8H3/b28-26+. The number of benzene rings is 2. The summed E-state index contributed by atoms with van der Waals surface area (Å²) >= 11 is 0. The van der Waals surface area contributed by atoms with Crippen LogP contribution >= 0.6 is 0 Å². The van der Waals surface area contributed by atoms with E-state index in [1.54, 1.807) is 17.0 Å². The van der Waals surface area contributed by atoms with Crippen LogP contribution in [0.1, 0.15) is 69.3 Å². The molecule has 2 aromatic rings. The first-order valence-corrected chi connectivity index (χ1v) is 13.2. The highest BCUT2D eigenvalue weighted by Gasteiger charge is 2.44. The van der Waals surface area contributed by atoms with Crippen LogP contribution in [-0.2, 0) is 15.0 Å². The molecule has 1 aliphatic rings. The summed E-state index contributed by atoms with van der Waals surface area (Å²) in [5.74, 6) is -0.631. The first kappa shape index (κ1) is 28.5. The molecule has 1 N–H and O–H groups in total. The summed E-state index contributed by atoms with van der Waals surface area (Å²) in [5, 5.41) is 13.9. The first-order valence-electron chi connectivity index (χ1n) is 13.2. The number of nitrogens with one attached hydrogen (secondary N) is 1. The maximum Gasteiger partial charge on any atom is 0.295 e. The molecule has 1 atom stereocenters. The molecule has 1 unspecified atom stereocenters. The molecular formula is C31H42N2O4. The largest absolute Gasteiger partial charge is 0.872 e. The number of nitrogens with zero attached hydrogens (tertiary/aromatic N) is 1. The number of aryl methyl sites for hydroxylation is 1. The van der Waals surface area contributed by atoms with Crippen molar-refractivity contribution in [1.29, 1.82) is 0 Å². The molecular weight excluding hydrogens is 464 g/mol. The molecule has 1 heterocycles. The van der Waals surface area contributed by atoms with Gasteiger partial charge in [0.2, 0.25) is 5.78 Å². The summed E-state index contributed by atoms with van der Waals surface area (Å²) in [6.45, 7) is 14.2. The Hall–Kier alpha value is -3.12. The summed E-state index contributed by atoms with van der Waals surface area (Å²) in [5.41, 5.74) is 3.06. The molecule has 0 saturated carbocycles. The number of ketones is 1. The van der Waals surface area contributed by atoms with Gasteiger partial charge in [-0.1, -0.05) is 70.7 Å². The van der Waals surface area contributed by atoms with Crippen molar-refractivity contribution in [1.82, 2.24) is 4.90 Å². The van der Waals surface area contributed by atoms with Crippen LogP contribution < -0.4 is 14.7 Å². The highest BCUT2D eigenvalue weighted by Crippen LogP contribution is 2.40. The van der Waals surface area contributed by atoms with Gasteiger partial charge in [-0.15, -0.1) is 0 Å². The molecule has 37 heavy (non-hydrogen) atoms. The van der Waals surface area contributed by atoms with Gasteiger partial charge >= 0.3 is 0 Å². The normalized spacial score (nSPS) is 17.8. The minimum atomic E-state index is -0.702. The fourth-order valence-electron chi connectivity index (χ4n) is 4.60. The van der Waals surface area contributed by atoms with Gasteiger partial charge in [0.15, 0.2) is 0 Å². The molecule has 2 aromatic carbocycles. The Bertz CT molecular complexity index is 1160. The van der Waals surface area contributed by atoms with Crippen molar-refractivity contribution in [3.63, 3.8) is 0 Å². The van der Waals surface area contributed by atoms with Gasteiger partial charge in [0.1, 0.15) is 5.75 Å². The van der Waals surface area contributed by atoms with Gasteiger partial charge in [0.25, 0.3) is 5.91 Å². The summed E-state index contributed by atoms with van der Waals surface area (Å²) in [6.07, 6.45) is 0.736. The highest BCUT2D eigenvalue weighted by molar-refractivity contribution is 6.46. The molecule has 200 valence electrons. The van der Waals surface area contributed by atoms with Crippen LogP contribution in [0.25, 0.3) is 5.76 Å². The minimum Gasteiger partial charge on any atom is -0.872 e. The van der Waals surface area contributed by atoms with Crippen molar-refractivity contribution in [2.45, 2.75) is 59.4 Å². The Morgan fingerprint density at radius 1 is 1.08 bits per heavy atom. The van der Waals surface area contributed by atoms with Crippen molar-refractivity contribution in [2.75, 3.05) is 33.8 Å². The third-order valence-electron chi connectivity index (χ3n) is 6.72. The minimum absolute atomic E-state index is 0.0321. The van der Waals surface area contributed by atoms with E-state index in [1.165, 1.54) is 4.90 Å². The molecule has 0 aromatic heterocycles. The topological polar surface area (TPSA) is 74.1 Å². The average Bonchev–Trinajstić information content (AvgIpc) is 3.06. The van der Waals surface area contributed by atoms with E-state index in [1.807, 2.05) is 37.3 Å². The number of Topliss-reactive ketones (excluding diaryl/α,β-unsaturated/α-hetero) is 1. The Balaban J connectivity index is 2.07. The maximum atomic E-state index is 13.9. The molecule has 1 amide bonds. The number of carbonyl (C=O) groups excluding carboxylic acids is 2. The molecule has 6 nitrogen and oxygen atoms in total. The smallest absolute Gasteiger partial charge is 0.295 e. The number of hydrogen-bond donors (Lipinski definition) is 1. The van der Waals surface area contributed by atoms with Gasteiger partial charge in [-0.25, -0.2) is 0 Å². The highest BCUT2D eigenvalue weighted by atomic mass is 16.5. The van der Waals surface area contributed by atoms with E-state index in [9.17, 15) is 14.7 Å². The van der Waals surface area contributed by atoms with Crippen LogP contribution in [0, 0.1) is 12.8 Å². The number of ether oxygens (including phenoxy) is 1. The third-order valence-corrected chi connectivity index (χ3v) is 6.72. The van der Waals surface area contributed by atoms with Crippen LogP contribution in [0.2, 0.25) is 0 Å². The number of carbonyl (C=O) groups is 2. The van der Waals surface area contributed by atoms with E-state index in [4.69, 9.17) is 4.74 Å². The number of quaternary nitrogens is 1. The number of likely N-dealkylation sites (tertiary alicyclic amines) is 1. The molecule has 0 bridgehead atoms. The van der Waals surface area contributed by atoms with Crippen LogP contribution in [0.15, 0.2) is 48.0 Å². The van der Waals surface area contributed by atoms with Crippen LogP contribution in [0.5, 0.6) is 5.75 Å². The SMILES string of the molecule is Cc1cc(OCC(C)C)ccc1/C([O-])=C1\C(=O)C(=O)N(CCC[NH+](C)C)C1c1ccc(C(C)(C)C)cc1. The number of hydrogen-bond acceptors (Lipinski definition) is 4. The van der Waals surface area contributed by atoms with Gasteiger partial charge in [0, 0.05) is 18.5 Å². The Kier molecular flexibility index (Phi) is 8.85. The van der Waals surface area contributed by atoms with E-state index in [0.717, 1.165) is 29.7 Å². The van der Waals surface area contributed by atoms with Crippen molar-refractivity contribution in [3.8, 4) is 5.75 Å². The Morgan fingerprint density at radius 3 is 2.27 bits per heavy atom. The Labute approximate surface area is 221 Å². The molecule has 6 heteroatoms. The van der Waals surface area contributed by atoms with E-state index in [2.05, 4.69) is 48.7 Å². The third kappa shape index (κ3) is 6.61. The summed E-state index contributed by atoms with van der Waals surface area (Å²) < 4.78 is 5.81. The lowest BCUT2D eigenvalue weighted by Gasteiger charge is -2.29. The fourth-order valence-corrected chi connectivity index (χ4v) is 4.60. The second-order valence-electron chi connectivity index (χ2n) is 11.8. The monoisotopic (exact) mass is 506 g/mol. The average molecular weight is 507 g/mol. The van der Waals surface area contributed by atoms with E-state index >= 15 is 0 Å². The van der Waals surface area contributed by atoms with Crippen molar-refractivity contribution < 1.29 is 24.3 Å². The lowest BCUT2D eigenvalue weighted by molar-refractivity contribution is -0.858. The number of amides is 1. The predicted molar refractivity (Wildman–Crippen MR) is 145 cm³/mol. The summed E-state index contributed by atoms with van der Waals surface area (Å²) in [4.78, 5) is 29.4. The zero-order valence-corrected chi connectivity index (χ0v) is 23.6. The lowest BCUT2D eigenvalue weighted by Crippen LogP contribution is -3.05. The second kappa shape index (κ2) is 11.5. The van der Waals surface area contributed by atoms with Gasteiger partial charge in [0.05, 0.1) is 33.3 Å². The molecule has 1 aliphatic heterocycles. The van der Waals surface area contributed by atoms with Crippen LogP contribution in [0.4, 0.5) is 0 Å². The second-order valence-corrected chi connectivity index (χ2v) is 11.8. The Morgan fingerprint density at radius 2 is 1.73 bits per heavy atom.